The van der Waals surface area contributed by atoms with Gasteiger partial charge in [-0.15, -0.1) is 0 Å². The van der Waals surface area contributed by atoms with Gasteiger partial charge in [0.25, 0.3) is 0 Å². The first-order chi connectivity index (χ1) is 8.50. The summed E-state index contributed by atoms with van der Waals surface area (Å²) in [5.41, 5.74) is 0. The quantitative estimate of drug-likeness (QED) is 0.776. The highest BCUT2D eigenvalue weighted by Gasteiger charge is 2.24. The molecule has 2 atom stereocenters. The number of amides is 1. The Balaban J connectivity index is 2.55. The second kappa shape index (κ2) is 7.74. The highest BCUT2D eigenvalue weighted by Crippen LogP contribution is 2.12. The van der Waals surface area contributed by atoms with E-state index in [0.717, 1.165) is 25.9 Å². The van der Waals surface area contributed by atoms with Gasteiger partial charge >= 0.3 is 0 Å². The molecule has 4 heteroatoms. The summed E-state index contributed by atoms with van der Waals surface area (Å²) in [4.78, 5) is 13.9. The molecule has 1 aliphatic heterocycles. The minimum atomic E-state index is -0.0249. The zero-order valence-corrected chi connectivity index (χ0v) is 12.3. The lowest BCUT2D eigenvalue weighted by atomic mass is 10.00. The lowest BCUT2D eigenvalue weighted by Crippen LogP contribution is -2.48. The van der Waals surface area contributed by atoms with Crippen LogP contribution in [0.15, 0.2) is 0 Å². The van der Waals surface area contributed by atoms with Crippen LogP contribution >= 0.6 is 0 Å². The molecular weight excluding hydrogens is 226 g/mol. The minimum Gasteiger partial charge on any atom is -0.347 e. The number of carbonyl (C=O) groups excluding carboxylic acids is 1. The fourth-order valence-corrected chi connectivity index (χ4v) is 2.49. The third-order valence-electron chi connectivity index (χ3n) is 3.46. The van der Waals surface area contributed by atoms with Gasteiger partial charge in [-0.3, -0.25) is 4.79 Å². The summed E-state index contributed by atoms with van der Waals surface area (Å²) in [7, 11) is 3.68. The third kappa shape index (κ3) is 5.36. The van der Waals surface area contributed by atoms with Gasteiger partial charge in [0.15, 0.2) is 0 Å². The van der Waals surface area contributed by atoms with E-state index in [1.807, 2.05) is 14.1 Å². The van der Waals surface area contributed by atoms with Crippen LogP contribution in [0.5, 0.6) is 0 Å². The maximum Gasteiger partial charge on any atom is 0.239 e. The number of carbonyl (C=O) groups is 1. The molecule has 0 aromatic carbocycles. The van der Waals surface area contributed by atoms with Crippen LogP contribution in [0.25, 0.3) is 0 Å². The Hall–Kier alpha value is -0.610. The molecule has 2 N–H and O–H groups in total. The van der Waals surface area contributed by atoms with Crippen LogP contribution in [0.2, 0.25) is 0 Å². The normalized spacial score (nSPS) is 22.6. The summed E-state index contributed by atoms with van der Waals surface area (Å²) >= 11 is 0. The molecule has 0 bridgehead atoms. The maximum absolute atomic E-state index is 12.2. The molecule has 106 valence electrons. The van der Waals surface area contributed by atoms with Crippen LogP contribution in [0, 0.1) is 5.92 Å². The molecule has 1 saturated heterocycles. The average Bonchev–Trinajstić information content (AvgIpc) is 2.55. The molecule has 1 rings (SSSR count). The maximum atomic E-state index is 12.2. The molecule has 0 aliphatic carbocycles. The van der Waals surface area contributed by atoms with E-state index in [0.29, 0.717) is 12.0 Å². The van der Waals surface area contributed by atoms with Crippen LogP contribution in [0.4, 0.5) is 0 Å². The Kier molecular flexibility index (Phi) is 6.65. The summed E-state index contributed by atoms with van der Waals surface area (Å²) in [6.45, 7) is 6.51. The van der Waals surface area contributed by atoms with Crippen molar-refractivity contribution in [2.24, 2.45) is 5.92 Å². The lowest BCUT2D eigenvalue weighted by Gasteiger charge is -2.27. The van der Waals surface area contributed by atoms with Crippen molar-refractivity contribution in [1.82, 2.24) is 15.5 Å². The fraction of sp³-hybridized carbons (Fsp3) is 0.929. The summed E-state index contributed by atoms with van der Waals surface area (Å²) in [5.74, 6) is 0.746. The van der Waals surface area contributed by atoms with Crippen molar-refractivity contribution in [3.8, 4) is 0 Å². The van der Waals surface area contributed by atoms with Crippen LogP contribution in [0.1, 0.15) is 39.5 Å². The van der Waals surface area contributed by atoms with Crippen molar-refractivity contribution in [3.05, 3.63) is 0 Å². The Morgan fingerprint density at radius 1 is 1.33 bits per heavy atom. The highest BCUT2D eigenvalue weighted by molar-refractivity contribution is 5.81. The van der Waals surface area contributed by atoms with Crippen molar-refractivity contribution >= 4 is 5.91 Å². The molecule has 0 aromatic rings. The van der Waals surface area contributed by atoms with Gasteiger partial charge in [-0.2, -0.15) is 0 Å². The zero-order valence-electron chi connectivity index (χ0n) is 12.3. The van der Waals surface area contributed by atoms with Crippen LogP contribution in [-0.4, -0.2) is 50.1 Å². The summed E-state index contributed by atoms with van der Waals surface area (Å²) < 4.78 is 0. The van der Waals surface area contributed by atoms with Crippen molar-refractivity contribution in [3.63, 3.8) is 0 Å². The van der Waals surface area contributed by atoms with Gasteiger partial charge < -0.3 is 15.5 Å². The number of rotatable bonds is 5. The van der Waals surface area contributed by atoms with Crippen LogP contribution < -0.4 is 10.6 Å². The van der Waals surface area contributed by atoms with Gasteiger partial charge in [0.05, 0.1) is 6.04 Å². The molecule has 1 aliphatic rings. The zero-order chi connectivity index (χ0) is 13.5. The van der Waals surface area contributed by atoms with Gasteiger partial charge in [-0.25, -0.2) is 0 Å². The number of nitrogens with one attached hydrogen (secondary N) is 2. The topological polar surface area (TPSA) is 44.4 Å². The van der Waals surface area contributed by atoms with Crippen LogP contribution in [0.3, 0.4) is 0 Å². The number of hydrogen-bond donors (Lipinski definition) is 2. The van der Waals surface area contributed by atoms with Crippen molar-refractivity contribution < 1.29 is 4.79 Å². The molecule has 1 heterocycles. The lowest BCUT2D eigenvalue weighted by molar-refractivity contribution is -0.131. The van der Waals surface area contributed by atoms with E-state index in [1.165, 1.54) is 12.8 Å². The smallest absolute Gasteiger partial charge is 0.239 e. The Morgan fingerprint density at radius 3 is 2.67 bits per heavy atom. The monoisotopic (exact) mass is 255 g/mol. The molecule has 4 nitrogen and oxygen atoms in total. The second-order valence-electron chi connectivity index (χ2n) is 5.96. The molecule has 1 amide bonds. The number of likely N-dealkylation sites (N-methyl/N-ethyl adjacent to an activating group) is 1. The predicted octanol–water partition coefficient (Wildman–Crippen LogP) is 1.22. The molecular formula is C14H29N3O. The standard InChI is InChI=1S/C14H29N3O/c1-11(2)10-13(14(18)17(3)4)16-12-6-5-8-15-9-7-12/h11-13,15-16H,5-10H2,1-4H3. The van der Waals surface area contributed by atoms with Gasteiger partial charge in [0.2, 0.25) is 5.91 Å². The van der Waals surface area contributed by atoms with E-state index in [1.54, 1.807) is 4.90 Å². The average molecular weight is 255 g/mol. The van der Waals surface area contributed by atoms with Gasteiger partial charge in [-0.05, 0) is 44.7 Å². The SMILES string of the molecule is CC(C)CC(NC1CCCNCC1)C(=O)N(C)C. The van der Waals surface area contributed by atoms with E-state index >= 15 is 0 Å². The number of nitrogens with zero attached hydrogens (tertiary/aromatic N) is 1. The first-order valence-corrected chi connectivity index (χ1v) is 7.18. The van der Waals surface area contributed by atoms with E-state index in [-0.39, 0.29) is 11.9 Å². The fourth-order valence-electron chi connectivity index (χ4n) is 2.49. The van der Waals surface area contributed by atoms with E-state index in [4.69, 9.17) is 0 Å². The minimum absolute atomic E-state index is 0.0249. The second-order valence-corrected chi connectivity index (χ2v) is 5.96. The molecule has 0 aromatic heterocycles. The molecule has 0 saturated carbocycles. The Bertz CT molecular complexity index is 245. The van der Waals surface area contributed by atoms with Crippen molar-refractivity contribution in [2.75, 3.05) is 27.2 Å². The molecule has 2 unspecified atom stereocenters. The summed E-state index contributed by atoms with van der Waals surface area (Å²) in [5, 5.41) is 6.99. The molecule has 0 radical (unpaired) electrons. The Labute approximate surface area is 111 Å². The van der Waals surface area contributed by atoms with Gasteiger partial charge in [0, 0.05) is 20.1 Å². The largest absolute Gasteiger partial charge is 0.347 e. The van der Waals surface area contributed by atoms with Crippen molar-refractivity contribution in [2.45, 2.75) is 51.6 Å². The van der Waals surface area contributed by atoms with Crippen molar-refractivity contribution in [1.29, 1.82) is 0 Å². The van der Waals surface area contributed by atoms with Gasteiger partial charge in [-0.1, -0.05) is 13.8 Å². The molecule has 0 spiro atoms. The van der Waals surface area contributed by atoms with E-state index < -0.39 is 0 Å². The summed E-state index contributed by atoms with van der Waals surface area (Å²) in [6.07, 6.45) is 4.40. The van der Waals surface area contributed by atoms with E-state index in [9.17, 15) is 4.79 Å². The Morgan fingerprint density at radius 2 is 2.06 bits per heavy atom. The van der Waals surface area contributed by atoms with Gasteiger partial charge in [0.1, 0.15) is 0 Å². The predicted molar refractivity (Wildman–Crippen MR) is 75.6 cm³/mol. The first-order valence-electron chi connectivity index (χ1n) is 7.18. The highest BCUT2D eigenvalue weighted by atomic mass is 16.2. The van der Waals surface area contributed by atoms with Crippen LogP contribution in [-0.2, 0) is 4.79 Å². The third-order valence-corrected chi connectivity index (χ3v) is 3.46. The molecule has 18 heavy (non-hydrogen) atoms. The van der Waals surface area contributed by atoms with E-state index in [2.05, 4.69) is 24.5 Å². The number of hydrogen-bond acceptors (Lipinski definition) is 3. The summed E-state index contributed by atoms with van der Waals surface area (Å²) in [6, 6.07) is 0.454. The molecule has 1 fully saturated rings. The first kappa shape index (κ1) is 15.4.